The molecule has 0 heterocycles. The third-order valence-corrected chi connectivity index (χ3v) is 2.46. The van der Waals surface area contributed by atoms with Crippen molar-refractivity contribution >= 4 is 5.84 Å². The molecule has 0 aromatic carbocycles. The lowest BCUT2D eigenvalue weighted by atomic mass is 10.1. The number of nitrogens with two attached hydrogens (primary N) is 1. The predicted molar refractivity (Wildman–Crippen MR) is 54.9 cm³/mol. The summed E-state index contributed by atoms with van der Waals surface area (Å²) in [6, 6.07) is 0.393. The van der Waals surface area contributed by atoms with Crippen molar-refractivity contribution in [3.63, 3.8) is 0 Å². The van der Waals surface area contributed by atoms with Crippen molar-refractivity contribution < 1.29 is 5.11 Å². The fourth-order valence-corrected chi connectivity index (χ4v) is 1.32. The van der Waals surface area contributed by atoms with Gasteiger partial charge < -0.3 is 10.8 Å². The third-order valence-electron chi connectivity index (χ3n) is 2.46. The van der Waals surface area contributed by atoms with E-state index in [0.717, 1.165) is 6.42 Å². The summed E-state index contributed by atoms with van der Waals surface area (Å²) >= 11 is 0. The highest BCUT2D eigenvalue weighted by Crippen LogP contribution is 2.09. The van der Waals surface area contributed by atoms with Gasteiger partial charge >= 0.3 is 0 Å². The lowest BCUT2D eigenvalue weighted by Gasteiger charge is -2.31. The summed E-state index contributed by atoms with van der Waals surface area (Å²) in [5, 5.41) is 16.2. The standard InChI is InChI=1S/C9H21N3O/c1-4-8(5-9(10)11)12(3)7(2)6-13/h7-8,13H,4-6H2,1-3H3,(H3,10,11). The van der Waals surface area contributed by atoms with E-state index in [4.69, 9.17) is 16.2 Å². The number of rotatable bonds is 6. The van der Waals surface area contributed by atoms with Crippen molar-refractivity contribution in [2.75, 3.05) is 13.7 Å². The van der Waals surface area contributed by atoms with Gasteiger partial charge in [0.1, 0.15) is 0 Å². The number of nitrogens with zero attached hydrogens (tertiary/aromatic N) is 1. The molecule has 0 aliphatic carbocycles. The Balaban J connectivity index is 4.13. The molecule has 0 aromatic rings. The molecule has 2 atom stereocenters. The molecule has 0 saturated carbocycles. The molecule has 78 valence electrons. The molecule has 0 aliphatic rings. The molecule has 0 rings (SSSR count). The van der Waals surface area contributed by atoms with Crippen LogP contribution in [0, 0.1) is 5.41 Å². The van der Waals surface area contributed by atoms with Crippen LogP contribution in [0.15, 0.2) is 0 Å². The van der Waals surface area contributed by atoms with Crippen LogP contribution in [0.25, 0.3) is 0 Å². The molecule has 4 nitrogen and oxygen atoms in total. The Morgan fingerprint density at radius 3 is 2.46 bits per heavy atom. The van der Waals surface area contributed by atoms with E-state index >= 15 is 0 Å². The fraction of sp³-hybridized carbons (Fsp3) is 0.889. The van der Waals surface area contributed by atoms with Gasteiger partial charge in [-0.15, -0.1) is 0 Å². The van der Waals surface area contributed by atoms with Crippen LogP contribution in [0.1, 0.15) is 26.7 Å². The van der Waals surface area contributed by atoms with Crippen LogP contribution in [0.5, 0.6) is 0 Å². The van der Waals surface area contributed by atoms with Crippen molar-refractivity contribution in [3.8, 4) is 0 Å². The average molecular weight is 187 g/mol. The highest BCUT2D eigenvalue weighted by Gasteiger charge is 2.18. The largest absolute Gasteiger partial charge is 0.395 e. The Morgan fingerprint density at radius 2 is 2.15 bits per heavy atom. The molecule has 0 radical (unpaired) electrons. The van der Waals surface area contributed by atoms with Gasteiger partial charge in [-0.25, -0.2) is 0 Å². The lowest BCUT2D eigenvalue weighted by Crippen LogP contribution is -2.42. The molecule has 2 unspecified atom stereocenters. The van der Waals surface area contributed by atoms with Gasteiger partial charge in [-0.1, -0.05) is 6.92 Å². The van der Waals surface area contributed by atoms with Crippen molar-refractivity contribution in [3.05, 3.63) is 0 Å². The van der Waals surface area contributed by atoms with Gasteiger partial charge in [0.2, 0.25) is 0 Å². The van der Waals surface area contributed by atoms with Gasteiger partial charge in [-0.2, -0.15) is 0 Å². The third kappa shape index (κ3) is 4.24. The smallest absolute Gasteiger partial charge is 0.0921 e. The molecule has 4 N–H and O–H groups in total. The molecule has 0 aliphatic heterocycles. The Morgan fingerprint density at radius 1 is 1.62 bits per heavy atom. The second-order valence-corrected chi connectivity index (χ2v) is 3.49. The molecule has 0 saturated heterocycles. The van der Waals surface area contributed by atoms with E-state index in [0.29, 0.717) is 6.42 Å². The highest BCUT2D eigenvalue weighted by atomic mass is 16.3. The topological polar surface area (TPSA) is 73.3 Å². The summed E-state index contributed by atoms with van der Waals surface area (Å²) in [5.74, 6) is 0.212. The maximum absolute atomic E-state index is 8.96. The number of nitrogens with one attached hydrogen (secondary N) is 1. The Hall–Kier alpha value is -0.610. The maximum Gasteiger partial charge on any atom is 0.0921 e. The van der Waals surface area contributed by atoms with Gasteiger partial charge in [0, 0.05) is 18.5 Å². The molecule has 0 fully saturated rings. The van der Waals surface area contributed by atoms with Crippen LogP contribution >= 0.6 is 0 Å². The van der Waals surface area contributed by atoms with Crippen molar-refractivity contribution in [2.24, 2.45) is 5.73 Å². The van der Waals surface area contributed by atoms with Crippen LogP contribution in [0.4, 0.5) is 0 Å². The number of likely N-dealkylation sites (N-methyl/N-ethyl adjacent to an activating group) is 1. The van der Waals surface area contributed by atoms with Crippen molar-refractivity contribution in [2.45, 2.75) is 38.8 Å². The highest BCUT2D eigenvalue weighted by molar-refractivity contribution is 5.77. The van der Waals surface area contributed by atoms with Gasteiger partial charge in [0.05, 0.1) is 12.4 Å². The molecule has 4 heteroatoms. The first-order valence-corrected chi connectivity index (χ1v) is 4.68. The first kappa shape index (κ1) is 12.4. The second-order valence-electron chi connectivity index (χ2n) is 3.49. The lowest BCUT2D eigenvalue weighted by molar-refractivity contribution is 0.120. The maximum atomic E-state index is 8.96. The van der Waals surface area contributed by atoms with Crippen molar-refractivity contribution in [1.82, 2.24) is 4.90 Å². The van der Waals surface area contributed by atoms with E-state index in [1.54, 1.807) is 0 Å². The molecular weight excluding hydrogens is 166 g/mol. The van der Waals surface area contributed by atoms with E-state index in [2.05, 4.69) is 11.8 Å². The zero-order chi connectivity index (χ0) is 10.4. The Labute approximate surface area is 80.2 Å². The van der Waals surface area contributed by atoms with Gasteiger partial charge in [-0.3, -0.25) is 10.3 Å². The fourth-order valence-electron chi connectivity index (χ4n) is 1.32. The summed E-state index contributed by atoms with van der Waals surface area (Å²) in [5.41, 5.74) is 5.34. The Kier molecular flexibility index (Phi) is 5.66. The molecule has 13 heavy (non-hydrogen) atoms. The van der Waals surface area contributed by atoms with E-state index in [-0.39, 0.29) is 24.5 Å². The first-order chi connectivity index (χ1) is 6.02. The number of hydrogen-bond acceptors (Lipinski definition) is 3. The molecule has 0 spiro atoms. The SMILES string of the molecule is CCC(CC(=N)N)N(C)C(C)CO. The summed E-state index contributed by atoms with van der Waals surface area (Å²) < 4.78 is 0. The van der Waals surface area contributed by atoms with E-state index in [9.17, 15) is 0 Å². The van der Waals surface area contributed by atoms with E-state index in [1.807, 2.05) is 14.0 Å². The quantitative estimate of drug-likeness (QED) is 0.416. The number of hydrogen-bond donors (Lipinski definition) is 3. The summed E-state index contributed by atoms with van der Waals surface area (Å²) in [6.45, 7) is 4.17. The number of amidine groups is 1. The van der Waals surface area contributed by atoms with Crippen LogP contribution in [-0.4, -0.2) is 41.6 Å². The first-order valence-electron chi connectivity index (χ1n) is 4.68. The van der Waals surface area contributed by atoms with Crippen molar-refractivity contribution in [1.29, 1.82) is 5.41 Å². The number of aliphatic hydroxyl groups excluding tert-OH is 1. The van der Waals surface area contributed by atoms with Gasteiger partial charge in [0.25, 0.3) is 0 Å². The van der Waals surface area contributed by atoms with Crippen LogP contribution < -0.4 is 5.73 Å². The van der Waals surface area contributed by atoms with E-state index in [1.165, 1.54) is 0 Å². The zero-order valence-corrected chi connectivity index (χ0v) is 8.75. The second kappa shape index (κ2) is 5.94. The van der Waals surface area contributed by atoms with Gasteiger partial charge in [-0.05, 0) is 20.4 Å². The summed E-state index contributed by atoms with van der Waals surface area (Å²) in [4.78, 5) is 2.07. The molecule has 0 aromatic heterocycles. The number of aliphatic hydroxyl groups is 1. The monoisotopic (exact) mass is 187 g/mol. The van der Waals surface area contributed by atoms with Crippen LogP contribution in [-0.2, 0) is 0 Å². The van der Waals surface area contributed by atoms with Crippen LogP contribution in [0.3, 0.4) is 0 Å². The van der Waals surface area contributed by atoms with Gasteiger partial charge in [0.15, 0.2) is 0 Å². The van der Waals surface area contributed by atoms with Crippen LogP contribution in [0.2, 0.25) is 0 Å². The normalized spacial score (nSPS) is 15.8. The van der Waals surface area contributed by atoms with E-state index < -0.39 is 0 Å². The molecular formula is C9H21N3O. The Bertz CT molecular complexity index is 161. The minimum absolute atomic E-state index is 0.129. The summed E-state index contributed by atoms with van der Waals surface area (Å²) in [7, 11) is 1.96. The predicted octanol–water partition coefficient (Wildman–Crippen LogP) is 0.404. The molecule has 0 bridgehead atoms. The average Bonchev–Trinajstić information content (AvgIpc) is 2.11. The minimum atomic E-state index is 0.129. The minimum Gasteiger partial charge on any atom is -0.395 e. The zero-order valence-electron chi connectivity index (χ0n) is 8.75. The molecule has 0 amide bonds. The summed E-state index contributed by atoms with van der Waals surface area (Å²) in [6.07, 6.45) is 1.53.